The zero-order chi connectivity index (χ0) is 20.6. The first-order valence-electron chi connectivity index (χ1n) is 8.84. The summed E-state index contributed by atoms with van der Waals surface area (Å²) in [6, 6.07) is 17.4. The van der Waals surface area contributed by atoms with E-state index in [1.165, 1.54) is 16.6 Å². The molecule has 0 saturated carbocycles. The van der Waals surface area contributed by atoms with Crippen molar-refractivity contribution in [2.24, 2.45) is 0 Å². The normalized spacial score (nSPS) is 11.8. The van der Waals surface area contributed by atoms with Gasteiger partial charge in [0.2, 0.25) is 0 Å². The van der Waals surface area contributed by atoms with Gasteiger partial charge in [0, 0.05) is 23.3 Å². The van der Waals surface area contributed by atoms with E-state index < -0.39 is 11.9 Å². The minimum Gasteiger partial charge on any atom is -0.366 e. The van der Waals surface area contributed by atoms with Crippen LogP contribution in [-0.4, -0.2) is 14.6 Å². The van der Waals surface area contributed by atoms with Gasteiger partial charge in [-0.25, -0.2) is 4.98 Å². The van der Waals surface area contributed by atoms with E-state index >= 15 is 0 Å². The molecule has 0 amide bonds. The number of alkyl halides is 3. The average molecular weight is 417 g/mol. The molecule has 0 spiro atoms. The molecule has 4 aromatic rings. The summed E-state index contributed by atoms with van der Waals surface area (Å²) in [5, 5.41) is 7.48. The highest BCUT2D eigenvalue weighted by Gasteiger charge is 2.39. The van der Waals surface area contributed by atoms with Gasteiger partial charge in [0.05, 0.1) is 5.56 Å². The molecule has 0 saturated heterocycles. The molecular weight excluding hydrogens is 401 g/mol. The van der Waals surface area contributed by atoms with E-state index in [-0.39, 0.29) is 11.2 Å². The first-order chi connectivity index (χ1) is 13.8. The summed E-state index contributed by atoms with van der Waals surface area (Å²) in [6.07, 6.45) is -4.63. The molecule has 0 radical (unpaired) electrons. The highest BCUT2D eigenvalue weighted by Crippen LogP contribution is 2.39. The number of rotatable bonds is 4. The Morgan fingerprint density at radius 1 is 1.03 bits per heavy atom. The summed E-state index contributed by atoms with van der Waals surface area (Å²) in [5.41, 5.74) is 1.01. The van der Waals surface area contributed by atoms with Crippen molar-refractivity contribution in [3.05, 3.63) is 82.6 Å². The maximum absolute atomic E-state index is 13.8. The summed E-state index contributed by atoms with van der Waals surface area (Å²) in [7, 11) is 0. The lowest BCUT2D eigenvalue weighted by Gasteiger charge is -2.10. The predicted molar refractivity (Wildman–Crippen MR) is 107 cm³/mol. The fourth-order valence-corrected chi connectivity index (χ4v) is 3.26. The number of nitrogens with zero attached hydrogens (tertiary/aromatic N) is 3. The third kappa shape index (κ3) is 3.91. The second-order valence-electron chi connectivity index (χ2n) is 6.59. The van der Waals surface area contributed by atoms with Crippen LogP contribution in [0.1, 0.15) is 17.0 Å². The molecule has 2 heterocycles. The Balaban J connectivity index is 1.88. The lowest BCUT2D eigenvalue weighted by atomic mass is 10.1. The molecule has 0 aliphatic rings. The third-order valence-corrected chi connectivity index (χ3v) is 4.69. The standard InChI is InChI=1S/C21H16ClF3N4/c1-13-11-17(26-12-14-5-3-2-4-6-14)29-20(27-13)18(19(28-29)21(23,24)25)15-7-9-16(22)10-8-15/h2-11,26H,12H2,1H3. The van der Waals surface area contributed by atoms with Crippen LogP contribution in [0.3, 0.4) is 0 Å². The van der Waals surface area contributed by atoms with Crippen LogP contribution in [0.5, 0.6) is 0 Å². The molecule has 1 N–H and O–H groups in total. The van der Waals surface area contributed by atoms with E-state index in [4.69, 9.17) is 11.6 Å². The number of hydrogen-bond acceptors (Lipinski definition) is 3. The van der Waals surface area contributed by atoms with Crippen LogP contribution in [0.25, 0.3) is 16.8 Å². The topological polar surface area (TPSA) is 42.2 Å². The second kappa shape index (κ2) is 7.40. The largest absolute Gasteiger partial charge is 0.435 e. The van der Waals surface area contributed by atoms with Gasteiger partial charge in [0.25, 0.3) is 0 Å². The zero-order valence-corrected chi connectivity index (χ0v) is 16.1. The average Bonchev–Trinajstić information content (AvgIpc) is 3.07. The lowest BCUT2D eigenvalue weighted by molar-refractivity contribution is -0.140. The molecule has 0 aliphatic carbocycles. The Labute approximate surface area is 170 Å². The molecule has 4 rings (SSSR count). The van der Waals surface area contributed by atoms with Crippen LogP contribution in [-0.2, 0) is 12.7 Å². The van der Waals surface area contributed by atoms with Crippen molar-refractivity contribution in [2.75, 3.05) is 5.32 Å². The van der Waals surface area contributed by atoms with Gasteiger partial charge in [-0.05, 0) is 30.2 Å². The summed E-state index contributed by atoms with van der Waals surface area (Å²) in [6.45, 7) is 2.18. The minimum absolute atomic E-state index is 0.0689. The third-order valence-electron chi connectivity index (χ3n) is 4.43. The van der Waals surface area contributed by atoms with Gasteiger partial charge in [-0.2, -0.15) is 22.8 Å². The van der Waals surface area contributed by atoms with E-state index in [2.05, 4.69) is 15.4 Å². The van der Waals surface area contributed by atoms with Crippen molar-refractivity contribution < 1.29 is 13.2 Å². The summed E-state index contributed by atoms with van der Waals surface area (Å²) in [4.78, 5) is 4.35. The van der Waals surface area contributed by atoms with E-state index in [1.54, 1.807) is 25.1 Å². The number of benzene rings is 2. The first kappa shape index (κ1) is 19.3. The maximum Gasteiger partial charge on any atom is 0.435 e. The minimum atomic E-state index is -4.63. The molecule has 0 unspecified atom stereocenters. The van der Waals surface area contributed by atoms with Gasteiger partial charge < -0.3 is 5.32 Å². The van der Waals surface area contributed by atoms with Crippen LogP contribution in [0.4, 0.5) is 19.0 Å². The Morgan fingerprint density at radius 3 is 2.38 bits per heavy atom. The molecule has 0 aliphatic heterocycles. The fraction of sp³-hybridized carbons (Fsp3) is 0.143. The molecule has 2 aromatic heterocycles. The number of hydrogen-bond donors (Lipinski definition) is 1. The van der Waals surface area contributed by atoms with E-state index in [1.807, 2.05) is 30.3 Å². The number of nitrogens with one attached hydrogen (secondary N) is 1. The smallest absolute Gasteiger partial charge is 0.366 e. The highest BCUT2D eigenvalue weighted by atomic mass is 35.5. The van der Waals surface area contributed by atoms with Crippen molar-refractivity contribution >= 4 is 23.1 Å². The van der Waals surface area contributed by atoms with Crippen LogP contribution in [0.2, 0.25) is 5.02 Å². The Morgan fingerprint density at radius 2 is 1.72 bits per heavy atom. The summed E-state index contributed by atoms with van der Waals surface area (Å²) in [5.74, 6) is 0.432. The van der Waals surface area contributed by atoms with Gasteiger partial charge >= 0.3 is 6.18 Å². The number of aryl methyl sites for hydroxylation is 1. The molecule has 148 valence electrons. The fourth-order valence-electron chi connectivity index (χ4n) is 3.13. The number of halogens is 4. The van der Waals surface area contributed by atoms with Crippen LogP contribution in [0.15, 0.2) is 60.7 Å². The number of anilines is 1. The molecule has 2 aromatic carbocycles. The molecule has 4 nitrogen and oxygen atoms in total. The van der Waals surface area contributed by atoms with E-state index in [0.717, 1.165) is 5.56 Å². The van der Waals surface area contributed by atoms with Gasteiger partial charge in [-0.15, -0.1) is 0 Å². The van der Waals surface area contributed by atoms with E-state index in [9.17, 15) is 13.2 Å². The van der Waals surface area contributed by atoms with Crippen molar-refractivity contribution in [2.45, 2.75) is 19.6 Å². The van der Waals surface area contributed by atoms with Crippen molar-refractivity contribution in [1.82, 2.24) is 14.6 Å². The van der Waals surface area contributed by atoms with Gasteiger partial charge in [-0.3, -0.25) is 0 Å². The molecule has 0 bridgehead atoms. The molecular formula is C21H16ClF3N4. The predicted octanol–water partition coefficient (Wildman–Crippen LogP) is 5.99. The van der Waals surface area contributed by atoms with Crippen LogP contribution in [0, 0.1) is 6.92 Å². The molecule has 29 heavy (non-hydrogen) atoms. The summed E-state index contributed by atoms with van der Waals surface area (Å²) >= 11 is 5.90. The molecule has 0 atom stereocenters. The van der Waals surface area contributed by atoms with E-state index in [0.29, 0.717) is 28.6 Å². The van der Waals surface area contributed by atoms with Gasteiger partial charge in [0.1, 0.15) is 5.82 Å². The zero-order valence-electron chi connectivity index (χ0n) is 15.3. The van der Waals surface area contributed by atoms with Crippen LogP contribution < -0.4 is 5.32 Å². The Hall–Kier alpha value is -3.06. The highest BCUT2D eigenvalue weighted by molar-refractivity contribution is 6.30. The Kier molecular flexibility index (Phi) is 4.92. The lowest BCUT2D eigenvalue weighted by Crippen LogP contribution is -2.09. The first-order valence-corrected chi connectivity index (χ1v) is 9.22. The number of fused-ring (bicyclic) bond motifs is 1. The monoisotopic (exact) mass is 416 g/mol. The Bertz CT molecular complexity index is 1150. The van der Waals surface area contributed by atoms with Crippen molar-refractivity contribution in [1.29, 1.82) is 0 Å². The summed E-state index contributed by atoms with van der Waals surface area (Å²) < 4.78 is 42.6. The van der Waals surface area contributed by atoms with Gasteiger partial charge in [0.15, 0.2) is 11.3 Å². The van der Waals surface area contributed by atoms with Crippen molar-refractivity contribution in [3.8, 4) is 11.1 Å². The molecule has 0 fully saturated rings. The number of aromatic nitrogens is 3. The van der Waals surface area contributed by atoms with Crippen molar-refractivity contribution in [3.63, 3.8) is 0 Å². The molecule has 8 heteroatoms. The maximum atomic E-state index is 13.8. The quantitative estimate of drug-likeness (QED) is 0.444. The second-order valence-corrected chi connectivity index (χ2v) is 7.02. The van der Waals surface area contributed by atoms with Crippen LogP contribution >= 0.6 is 11.6 Å². The van der Waals surface area contributed by atoms with Gasteiger partial charge in [-0.1, -0.05) is 54.1 Å². The SMILES string of the molecule is Cc1cc(NCc2ccccc2)n2nc(C(F)(F)F)c(-c3ccc(Cl)cc3)c2n1.